The fraction of sp³-hybridized carbons (Fsp3) is 0.417. The highest BCUT2D eigenvalue weighted by Gasteiger charge is 2.34. The van der Waals surface area contributed by atoms with Crippen LogP contribution in [0.15, 0.2) is 60.7 Å². The van der Waals surface area contributed by atoms with Crippen LogP contribution in [0, 0.1) is 0 Å². The lowest BCUT2D eigenvalue weighted by molar-refractivity contribution is -0.150. The summed E-state index contributed by atoms with van der Waals surface area (Å²) in [6.07, 6.45) is -0.512. The molecule has 0 spiro atoms. The fourth-order valence-corrected chi connectivity index (χ4v) is 4.46. The Balaban J connectivity index is 2.21. The molecule has 0 fully saturated rings. The summed E-state index contributed by atoms with van der Waals surface area (Å²) >= 11 is 0. The molecule has 0 amide bonds. The maximum Gasteiger partial charge on any atom is 0.339 e. The van der Waals surface area contributed by atoms with Crippen molar-refractivity contribution in [2.45, 2.75) is 64.8 Å². The Bertz CT molecular complexity index is 863. The molecule has 180 valence electrons. The monoisotopic (exact) mass is 476 g/mol. The average Bonchev–Trinajstić information content (AvgIpc) is 2.73. The van der Waals surface area contributed by atoms with Crippen LogP contribution in [0.3, 0.4) is 0 Å². The zero-order chi connectivity index (χ0) is 24.4. The minimum atomic E-state index is -4.37. The van der Waals surface area contributed by atoms with Gasteiger partial charge in [-0.1, -0.05) is 60.7 Å². The second kappa shape index (κ2) is 12.7. The first-order chi connectivity index (χ1) is 15.6. The zero-order valence-corrected chi connectivity index (χ0v) is 20.3. The van der Waals surface area contributed by atoms with Crippen LogP contribution in [0.1, 0.15) is 38.8 Å². The molecule has 0 aliphatic carbocycles. The number of carbonyl (C=O) groups excluding carboxylic acids is 2. The summed E-state index contributed by atoms with van der Waals surface area (Å²) in [5.74, 6) is -1.32. The first kappa shape index (κ1) is 26.7. The molecule has 2 aromatic rings. The number of carbonyl (C=O) groups is 2. The predicted octanol–water partition coefficient (Wildman–Crippen LogP) is 3.39. The van der Waals surface area contributed by atoms with Gasteiger partial charge in [0.15, 0.2) is 0 Å². The van der Waals surface area contributed by atoms with Crippen LogP contribution >= 0.6 is 7.67 Å². The van der Waals surface area contributed by atoms with Crippen LogP contribution in [0.2, 0.25) is 0 Å². The Kier molecular flexibility index (Phi) is 10.3. The molecule has 0 heterocycles. The molecule has 0 bridgehead atoms. The van der Waals surface area contributed by atoms with Crippen LogP contribution in [0.5, 0.6) is 0 Å². The largest absolute Gasteiger partial charge is 0.462 e. The minimum absolute atomic E-state index is 0.137. The number of benzene rings is 2. The molecule has 0 aliphatic heterocycles. The lowest BCUT2D eigenvalue weighted by Crippen LogP contribution is -2.46. The third kappa shape index (κ3) is 9.88. The Labute approximate surface area is 195 Å². The van der Waals surface area contributed by atoms with E-state index in [2.05, 4.69) is 10.2 Å². The molecule has 0 aliphatic rings. The number of esters is 2. The molecule has 3 N–H and O–H groups in total. The summed E-state index contributed by atoms with van der Waals surface area (Å²) in [6, 6.07) is 16.0. The van der Waals surface area contributed by atoms with Crippen molar-refractivity contribution in [3.8, 4) is 0 Å². The van der Waals surface area contributed by atoms with Gasteiger partial charge in [0.05, 0.1) is 12.2 Å². The SMILES string of the molecule is CC(C)OC(=O)[C@H](Cc1ccccc1)NP(=O)(O)N[C@@H](Cc1ccccc1)C(=O)OC(C)C. The molecule has 2 aromatic carbocycles. The molecule has 0 saturated heterocycles. The minimum Gasteiger partial charge on any atom is -0.462 e. The van der Waals surface area contributed by atoms with Gasteiger partial charge in [0.25, 0.3) is 0 Å². The first-order valence-corrected chi connectivity index (χ1v) is 12.6. The van der Waals surface area contributed by atoms with E-state index >= 15 is 0 Å². The second-order valence-corrected chi connectivity index (χ2v) is 9.96. The van der Waals surface area contributed by atoms with Gasteiger partial charge in [0, 0.05) is 0 Å². The van der Waals surface area contributed by atoms with E-state index in [-0.39, 0.29) is 12.8 Å². The molecule has 0 saturated carbocycles. The third-order valence-corrected chi connectivity index (χ3v) is 5.82. The molecule has 2 atom stereocenters. The van der Waals surface area contributed by atoms with E-state index in [0.29, 0.717) is 0 Å². The van der Waals surface area contributed by atoms with E-state index in [9.17, 15) is 19.0 Å². The van der Waals surface area contributed by atoms with Gasteiger partial charge < -0.3 is 14.4 Å². The first-order valence-electron chi connectivity index (χ1n) is 10.9. The van der Waals surface area contributed by atoms with Crippen molar-refractivity contribution in [1.82, 2.24) is 10.2 Å². The summed E-state index contributed by atoms with van der Waals surface area (Å²) in [6.45, 7) is 6.80. The van der Waals surface area contributed by atoms with Crippen molar-refractivity contribution in [2.75, 3.05) is 0 Å². The summed E-state index contributed by atoms with van der Waals surface area (Å²) < 4.78 is 23.7. The lowest BCUT2D eigenvalue weighted by Gasteiger charge is -2.26. The summed E-state index contributed by atoms with van der Waals surface area (Å²) in [7, 11) is -4.37. The fourth-order valence-electron chi connectivity index (χ4n) is 3.15. The number of ether oxygens (including phenoxy) is 2. The second-order valence-electron chi connectivity index (χ2n) is 8.29. The average molecular weight is 477 g/mol. The van der Waals surface area contributed by atoms with E-state index < -0.39 is 43.9 Å². The van der Waals surface area contributed by atoms with Crippen LogP contribution in [-0.4, -0.2) is 41.1 Å². The van der Waals surface area contributed by atoms with Gasteiger partial charge in [-0.15, -0.1) is 0 Å². The van der Waals surface area contributed by atoms with Gasteiger partial charge in [0.1, 0.15) is 12.1 Å². The molecule has 33 heavy (non-hydrogen) atoms. The standard InChI is InChI=1S/C24H33N2O6P/c1-17(2)31-23(27)21(15-19-11-7-5-8-12-19)25-33(29,30)26-22(24(28)32-18(3)4)16-20-13-9-6-10-14-20/h5-14,17-18,21-22H,15-16H2,1-4H3,(H3,25,26,29,30)/t21-,22-/m0/s1. The van der Waals surface area contributed by atoms with Crippen molar-refractivity contribution in [3.05, 3.63) is 71.8 Å². The van der Waals surface area contributed by atoms with E-state index in [1.807, 2.05) is 60.7 Å². The normalized spacial score (nSPS) is 13.5. The number of hydrogen-bond donors (Lipinski definition) is 3. The van der Waals surface area contributed by atoms with Crippen LogP contribution in [0.25, 0.3) is 0 Å². The maximum absolute atomic E-state index is 13.1. The molecular weight excluding hydrogens is 443 g/mol. The molecule has 0 unspecified atom stereocenters. The number of nitrogens with one attached hydrogen (secondary N) is 2. The molecule has 8 nitrogen and oxygen atoms in total. The van der Waals surface area contributed by atoms with Crippen molar-refractivity contribution >= 4 is 19.6 Å². The predicted molar refractivity (Wildman–Crippen MR) is 126 cm³/mol. The van der Waals surface area contributed by atoms with Crippen LogP contribution < -0.4 is 10.2 Å². The Morgan fingerprint density at radius 2 is 1.09 bits per heavy atom. The highest BCUT2D eigenvalue weighted by molar-refractivity contribution is 7.53. The smallest absolute Gasteiger partial charge is 0.339 e. The summed E-state index contributed by atoms with van der Waals surface area (Å²) in [4.78, 5) is 36.0. The Morgan fingerprint density at radius 3 is 1.39 bits per heavy atom. The van der Waals surface area contributed by atoms with E-state index in [1.165, 1.54) is 0 Å². The van der Waals surface area contributed by atoms with Crippen LogP contribution in [-0.2, 0) is 36.5 Å². The van der Waals surface area contributed by atoms with Gasteiger partial charge in [-0.3, -0.25) is 14.2 Å². The number of rotatable bonds is 12. The molecule has 9 heteroatoms. The highest BCUT2D eigenvalue weighted by Crippen LogP contribution is 2.33. The van der Waals surface area contributed by atoms with Gasteiger partial charge in [-0.05, 0) is 51.7 Å². The molecule has 0 aromatic heterocycles. The number of hydrogen-bond acceptors (Lipinski definition) is 5. The Morgan fingerprint density at radius 1 is 0.758 bits per heavy atom. The lowest BCUT2D eigenvalue weighted by atomic mass is 10.1. The molecule has 0 radical (unpaired) electrons. The van der Waals surface area contributed by atoms with Gasteiger partial charge >= 0.3 is 19.6 Å². The maximum atomic E-state index is 13.1. The van der Waals surface area contributed by atoms with Crippen molar-refractivity contribution < 1.29 is 28.5 Å². The zero-order valence-electron chi connectivity index (χ0n) is 19.4. The summed E-state index contributed by atoms with van der Waals surface area (Å²) in [5.41, 5.74) is 1.58. The Hall–Kier alpha value is -2.51. The van der Waals surface area contributed by atoms with Crippen molar-refractivity contribution in [1.29, 1.82) is 0 Å². The topological polar surface area (TPSA) is 114 Å². The van der Waals surface area contributed by atoms with E-state index in [0.717, 1.165) is 11.1 Å². The highest BCUT2D eigenvalue weighted by atomic mass is 31.2. The van der Waals surface area contributed by atoms with E-state index in [1.54, 1.807) is 27.7 Å². The van der Waals surface area contributed by atoms with Crippen LogP contribution in [0.4, 0.5) is 0 Å². The molecular formula is C24H33N2O6P. The van der Waals surface area contributed by atoms with E-state index in [4.69, 9.17) is 9.47 Å². The van der Waals surface area contributed by atoms with Gasteiger partial charge in [0.2, 0.25) is 0 Å². The van der Waals surface area contributed by atoms with Gasteiger partial charge in [-0.2, -0.15) is 0 Å². The van der Waals surface area contributed by atoms with Crippen molar-refractivity contribution in [3.63, 3.8) is 0 Å². The van der Waals surface area contributed by atoms with Gasteiger partial charge in [-0.25, -0.2) is 10.2 Å². The third-order valence-electron chi connectivity index (χ3n) is 4.50. The quantitative estimate of drug-likeness (QED) is 0.316. The summed E-state index contributed by atoms with van der Waals surface area (Å²) in [5, 5.41) is 4.98. The van der Waals surface area contributed by atoms with Crippen molar-refractivity contribution in [2.24, 2.45) is 0 Å². The molecule has 2 rings (SSSR count).